The van der Waals surface area contributed by atoms with Crippen LogP contribution in [0.5, 0.6) is 34.5 Å². The van der Waals surface area contributed by atoms with Crippen LogP contribution in [-0.2, 0) is 0 Å². The van der Waals surface area contributed by atoms with Crippen molar-refractivity contribution in [3.8, 4) is 34.5 Å². The SMILES string of the molecule is Cc1cc(Nc2ncnc3cccc(OC4CCN(C)CC4(F)F)c23)ccc1Oc1ccn2ncnc2c1.Cc1cc(Nc2ncnc3cccc(OC4CCN(C)CC4(F)F)c23)ccc1Oc1ccn2ncnc2c1. The summed E-state index contributed by atoms with van der Waals surface area (Å²) < 4.78 is 86.1. The van der Waals surface area contributed by atoms with E-state index >= 15 is 0 Å². The Labute approximate surface area is 432 Å². The zero-order chi connectivity index (χ0) is 52.6. The lowest BCUT2D eigenvalue weighted by molar-refractivity contribution is -0.134. The predicted molar refractivity (Wildman–Crippen MR) is 277 cm³/mol. The summed E-state index contributed by atoms with van der Waals surface area (Å²) in [5, 5.41) is 15.9. The molecule has 2 fully saturated rings. The van der Waals surface area contributed by atoms with Gasteiger partial charge in [-0.3, -0.25) is 0 Å². The molecule has 22 heteroatoms. The first-order valence-electron chi connectivity index (χ1n) is 24.3. The summed E-state index contributed by atoms with van der Waals surface area (Å²) in [6.45, 7) is 4.26. The first-order valence-corrected chi connectivity index (χ1v) is 24.3. The van der Waals surface area contributed by atoms with E-state index in [1.165, 1.54) is 25.3 Å². The summed E-state index contributed by atoms with van der Waals surface area (Å²) in [7, 11) is 3.37. The highest BCUT2D eigenvalue weighted by atomic mass is 19.3. The van der Waals surface area contributed by atoms with Gasteiger partial charge in [0.15, 0.2) is 23.5 Å². The molecule has 2 unspecified atom stereocenters. The van der Waals surface area contributed by atoms with Gasteiger partial charge in [0.25, 0.3) is 11.8 Å². The first kappa shape index (κ1) is 49.5. The third-order valence-corrected chi connectivity index (χ3v) is 13.1. The van der Waals surface area contributed by atoms with Crippen molar-refractivity contribution in [1.29, 1.82) is 0 Å². The van der Waals surface area contributed by atoms with E-state index in [2.05, 4.69) is 50.7 Å². The topological polar surface area (TPSA) is 179 Å². The van der Waals surface area contributed by atoms with Crippen LogP contribution in [0, 0.1) is 13.8 Å². The van der Waals surface area contributed by atoms with Crippen molar-refractivity contribution in [2.75, 3.05) is 50.9 Å². The number of likely N-dealkylation sites (tertiary alicyclic amines) is 2. The lowest BCUT2D eigenvalue weighted by Gasteiger charge is -2.36. The molecule has 2 aliphatic heterocycles. The van der Waals surface area contributed by atoms with Crippen LogP contribution < -0.4 is 29.6 Å². The zero-order valence-electron chi connectivity index (χ0n) is 41.6. The van der Waals surface area contributed by atoms with E-state index in [0.717, 1.165) is 22.5 Å². The molecule has 6 aromatic heterocycles. The molecule has 2 atom stereocenters. The van der Waals surface area contributed by atoms with Gasteiger partial charge in [0.05, 0.1) is 34.9 Å². The maximum Gasteiger partial charge on any atom is 0.296 e. The minimum atomic E-state index is -2.97. The van der Waals surface area contributed by atoms with Gasteiger partial charge < -0.3 is 39.4 Å². The fourth-order valence-electron chi connectivity index (χ4n) is 9.25. The monoisotopic (exact) mass is 1030 g/mol. The second-order valence-electron chi connectivity index (χ2n) is 18.8. The van der Waals surface area contributed by atoms with Gasteiger partial charge in [-0.2, -0.15) is 10.2 Å². The lowest BCUT2D eigenvalue weighted by Crippen LogP contribution is -2.52. The van der Waals surface area contributed by atoms with Crippen molar-refractivity contribution in [2.45, 2.75) is 50.7 Å². The fraction of sp³-hybridized carbons (Fsp3) is 0.259. The van der Waals surface area contributed by atoms with Crippen molar-refractivity contribution in [2.24, 2.45) is 0 Å². The van der Waals surface area contributed by atoms with Crippen LogP contribution >= 0.6 is 0 Å². The Balaban J connectivity index is 0.000000162. The van der Waals surface area contributed by atoms with E-state index in [1.807, 2.05) is 62.4 Å². The van der Waals surface area contributed by atoms with Crippen LogP contribution in [0.15, 0.2) is 135 Å². The summed E-state index contributed by atoms with van der Waals surface area (Å²) in [6, 6.07) is 29.0. The molecule has 12 rings (SSSR count). The summed E-state index contributed by atoms with van der Waals surface area (Å²) in [6.07, 6.45) is 7.39. The third-order valence-electron chi connectivity index (χ3n) is 13.1. The van der Waals surface area contributed by atoms with Gasteiger partial charge in [-0.05, 0) is 112 Å². The summed E-state index contributed by atoms with van der Waals surface area (Å²) in [5.74, 6) is -1.72. The maximum absolute atomic E-state index is 14.7. The van der Waals surface area contributed by atoms with Crippen LogP contribution in [0.3, 0.4) is 0 Å². The van der Waals surface area contributed by atoms with Crippen molar-refractivity contribution in [1.82, 2.24) is 58.9 Å². The van der Waals surface area contributed by atoms with E-state index in [9.17, 15) is 17.6 Å². The number of halogens is 4. The average molecular weight is 1040 g/mol. The van der Waals surface area contributed by atoms with Crippen LogP contribution in [-0.4, -0.2) is 123 Å². The molecule has 4 aromatic carbocycles. The number of benzene rings is 4. The summed E-state index contributed by atoms with van der Waals surface area (Å²) in [5.41, 5.74) is 5.84. The van der Waals surface area contributed by atoms with Crippen LogP contribution in [0.4, 0.5) is 40.6 Å². The van der Waals surface area contributed by atoms with Crippen molar-refractivity contribution < 1.29 is 36.5 Å². The molecule has 76 heavy (non-hydrogen) atoms. The molecule has 0 spiro atoms. The Morgan fingerprint density at radius 1 is 0.513 bits per heavy atom. The van der Waals surface area contributed by atoms with Crippen molar-refractivity contribution in [3.05, 3.63) is 146 Å². The number of hydrogen-bond acceptors (Lipinski definition) is 16. The van der Waals surface area contributed by atoms with E-state index in [0.29, 0.717) is 92.3 Å². The first-order chi connectivity index (χ1) is 36.7. The molecule has 2 N–H and O–H groups in total. The van der Waals surface area contributed by atoms with E-state index < -0.39 is 24.1 Å². The van der Waals surface area contributed by atoms with Crippen LogP contribution in [0.1, 0.15) is 24.0 Å². The Hall–Kier alpha value is -8.76. The number of ether oxygens (including phenoxy) is 4. The highest BCUT2D eigenvalue weighted by molar-refractivity contribution is 5.97. The molecule has 8 heterocycles. The molecule has 0 radical (unpaired) electrons. The molecule has 18 nitrogen and oxygen atoms in total. The van der Waals surface area contributed by atoms with Crippen LogP contribution in [0.25, 0.3) is 33.1 Å². The standard InChI is InChI=1S/2C27H25F2N7O2/c2*1-17-12-18(6-7-21(17)37-19-8-11-36-24(13-19)31-16-33-36)34-26-25-20(30-15-32-26)4-3-5-22(25)38-23-9-10-35(2)14-27(23,28)29/h2*3-8,11-13,15-16,23H,9-10,14H2,1-2H3,(H,30,32,34). The predicted octanol–water partition coefficient (Wildman–Crippen LogP) is 10.5. The minimum Gasteiger partial charge on any atom is -0.483 e. The number of aryl methyl sites for hydroxylation is 2. The van der Waals surface area contributed by atoms with Gasteiger partial charge in [-0.15, -0.1) is 0 Å². The zero-order valence-corrected chi connectivity index (χ0v) is 41.6. The number of fused-ring (bicyclic) bond motifs is 4. The third kappa shape index (κ3) is 10.6. The number of nitrogens with zero attached hydrogens (tertiary/aromatic N) is 12. The van der Waals surface area contributed by atoms with Crippen molar-refractivity contribution in [3.63, 3.8) is 0 Å². The fourth-order valence-corrected chi connectivity index (χ4v) is 9.25. The second kappa shape index (κ2) is 20.5. The average Bonchev–Trinajstić information content (AvgIpc) is 4.07. The molecule has 2 aliphatic rings. The van der Waals surface area contributed by atoms with Gasteiger partial charge in [0.2, 0.25) is 0 Å². The highest BCUT2D eigenvalue weighted by Gasteiger charge is 2.47. The molecule has 0 aliphatic carbocycles. The number of alkyl halides is 4. The molecule has 2 saturated heterocycles. The highest BCUT2D eigenvalue weighted by Crippen LogP contribution is 2.40. The molecule has 388 valence electrons. The number of pyridine rings is 2. The van der Waals surface area contributed by atoms with Crippen molar-refractivity contribution >= 4 is 56.1 Å². The van der Waals surface area contributed by atoms with E-state index in [-0.39, 0.29) is 25.9 Å². The quantitative estimate of drug-likeness (QED) is 0.110. The number of aromatic nitrogens is 10. The van der Waals surface area contributed by atoms with Gasteiger partial charge in [-0.1, -0.05) is 12.1 Å². The number of nitrogens with one attached hydrogen (secondary N) is 2. The smallest absolute Gasteiger partial charge is 0.296 e. The molecular weight excluding hydrogens is 985 g/mol. The van der Waals surface area contributed by atoms with E-state index in [4.69, 9.17) is 18.9 Å². The van der Waals surface area contributed by atoms with Gasteiger partial charge >= 0.3 is 0 Å². The Morgan fingerprint density at radius 2 is 0.961 bits per heavy atom. The number of piperidine rings is 2. The molecular formula is C54H50F4N14O4. The normalized spacial score (nSPS) is 17.5. The second-order valence-corrected chi connectivity index (χ2v) is 18.8. The Bertz CT molecular complexity index is 3480. The van der Waals surface area contributed by atoms with E-state index in [1.54, 1.807) is 93.9 Å². The molecule has 0 bridgehead atoms. The molecule has 0 amide bonds. The maximum atomic E-state index is 14.7. The number of rotatable bonds is 12. The molecule has 10 aromatic rings. The largest absolute Gasteiger partial charge is 0.483 e. The lowest BCUT2D eigenvalue weighted by atomic mass is 10.0. The van der Waals surface area contributed by atoms with Gasteiger partial charge in [-0.25, -0.2) is 56.5 Å². The minimum absolute atomic E-state index is 0.223. The Kier molecular flexibility index (Phi) is 13.3. The Morgan fingerprint density at radius 3 is 1.38 bits per heavy atom. The number of anilines is 4. The molecule has 0 saturated carbocycles. The summed E-state index contributed by atoms with van der Waals surface area (Å²) >= 11 is 0. The van der Waals surface area contributed by atoms with Gasteiger partial charge in [0, 0.05) is 61.8 Å². The van der Waals surface area contributed by atoms with Gasteiger partial charge in [0.1, 0.15) is 71.4 Å². The van der Waals surface area contributed by atoms with Crippen LogP contribution in [0.2, 0.25) is 0 Å². The summed E-state index contributed by atoms with van der Waals surface area (Å²) in [4.78, 5) is 29.0. The number of hydrogen-bond donors (Lipinski definition) is 2.